The van der Waals surface area contributed by atoms with Gasteiger partial charge in [0.05, 0.1) is 11.7 Å². The van der Waals surface area contributed by atoms with E-state index in [2.05, 4.69) is 20.4 Å². The fourth-order valence-corrected chi connectivity index (χ4v) is 7.55. The number of aliphatic hydroxyl groups excluding tert-OH is 1. The molecule has 4 rings (SSSR count). The topological polar surface area (TPSA) is 40.5 Å². The normalized spacial score (nSPS) is 55.7. The van der Waals surface area contributed by atoms with Gasteiger partial charge in [0, 0.05) is 5.92 Å². The molecule has 0 saturated heterocycles. The molecule has 2 N–H and O–H groups in total. The van der Waals surface area contributed by atoms with Crippen molar-refractivity contribution in [3.05, 3.63) is 12.2 Å². The third-order valence-electron chi connectivity index (χ3n) is 8.70. The molecule has 4 saturated carbocycles. The molecule has 0 spiro atoms. The summed E-state index contributed by atoms with van der Waals surface area (Å²) < 4.78 is 0. The van der Waals surface area contributed by atoms with Gasteiger partial charge in [0.1, 0.15) is 0 Å². The van der Waals surface area contributed by atoms with E-state index in [-0.39, 0.29) is 6.10 Å². The molecular weight excluding hydrogens is 284 g/mol. The first kappa shape index (κ1) is 16.1. The highest BCUT2D eigenvalue weighted by Crippen LogP contribution is 2.65. The summed E-state index contributed by atoms with van der Waals surface area (Å²) >= 11 is 0. The predicted molar refractivity (Wildman–Crippen MR) is 92.9 cm³/mol. The van der Waals surface area contributed by atoms with Crippen LogP contribution in [0.25, 0.3) is 0 Å². The minimum absolute atomic E-state index is 0.0653. The fourth-order valence-electron chi connectivity index (χ4n) is 7.55. The Morgan fingerprint density at radius 2 is 1.78 bits per heavy atom. The molecule has 0 aromatic heterocycles. The van der Waals surface area contributed by atoms with Crippen LogP contribution in [-0.4, -0.2) is 21.9 Å². The Hall–Kier alpha value is -0.340. The lowest BCUT2D eigenvalue weighted by molar-refractivity contribution is -0.158. The molecule has 8 atom stereocenters. The molecule has 0 aromatic carbocycles. The number of hydrogen-bond donors (Lipinski definition) is 2. The van der Waals surface area contributed by atoms with Crippen LogP contribution in [0.5, 0.6) is 0 Å². The van der Waals surface area contributed by atoms with Gasteiger partial charge in [0.25, 0.3) is 0 Å². The van der Waals surface area contributed by atoms with Gasteiger partial charge in [0.15, 0.2) is 0 Å². The Labute approximate surface area is 141 Å². The summed E-state index contributed by atoms with van der Waals surface area (Å²) in [5, 5.41) is 21.6. The summed E-state index contributed by atoms with van der Waals surface area (Å²) in [6.07, 6.45) is 10.2. The molecule has 0 amide bonds. The van der Waals surface area contributed by atoms with E-state index in [9.17, 15) is 10.2 Å². The summed E-state index contributed by atoms with van der Waals surface area (Å²) in [6, 6.07) is 0. The van der Waals surface area contributed by atoms with E-state index in [1.54, 1.807) is 0 Å². The Kier molecular flexibility index (Phi) is 3.74. The lowest BCUT2D eigenvalue weighted by Crippen LogP contribution is -2.56. The second-order valence-electron chi connectivity index (χ2n) is 9.59. The van der Waals surface area contributed by atoms with Crippen LogP contribution in [0.2, 0.25) is 0 Å². The first-order chi connectivity index (χ1) is 10.9. The molecule has 4 aliphatic rings. The average Bonchev–Trinajstić information content (AvgIpc) is 2.85. The summed E-state index contributed by atoms with van der Waals surface area (Å²) in [5.41, 5.74) is 1.13. The first-order valence-corrected chi connectivity index (χ1v) is 9.92. The van der Waals surface area contributed by atoms with Crippen molar-refractivity contribution in [2.45, 2.75) is 83.3 Å². The van der Waals surface area contributed by atoms with E-state index in [0.717, 1.165) is 31.6 Å². The van der Waals surface area contributed by atoms with Gasteiger partial charge in [-0.15, -0.1) is 0 Å². The summed E-state index contributed by atoms with van der Waals surface area (Å²) in [6.45, 7) is 8.80. The third kappa shape index (κ3) is 2.20. The van der Waals surface area contributed by atoms with Gasteiger partial charge in [-0.05, 0) is 93.8 Å². The van der Waals surface area contributed by atoms with Gasteiger partial charge < -0.3 is 10.2 Å². The lowest BCUT2D eigenvalue weighted by atomic mass is 9.46. The van der Waals surface area contributed by atoms with Gasteiger partial charge in [0.2, 0.25) is 0 Å². The minimum atomic E-state index is -0.468. The molecule has 0 heterocycles. The summed E-state index contributed by atoms with van der Waals surface area (Å²) in [4.78, 5) is 0. The number of rotatable bonds is 1. The monoisotopic (exact) mass is 318 g/mol. The maximum atomic E-state index is 11.5. The zero-order valence-corrected chi connectivity index (χ0v) is 14.9. The second-order valence-corrected chi connectivity index (χ2v) is 9.59. The zero-order chi connectivity index (χ0) is 16.4. The highest BCUT2D eigenvalue weighted by molar-refractivity contribution is 5.17. The fraction of sp³-hybridized carbons (Fsp3) is 0.905. The van der Waals surface area contributed by atoms with E-state index in [1.807, 2.05) is 0 Å². The molecule has 0 aliphatic heterocycles. The minimum Gasteiger partial charge on any atom is -0.393 e. The largest absolute Gasteiger partial charge is 0.393 e. The van der Waals surface area contributed by atoms with Crippen molar-refractivity contribution in [1.29, 1.82) is 0 Å². The van der Waals surface area contributed by atoms with Gasteiger partial charge >= 0.3 is 0 Å². The highest BCUT2D eigenvalue weighted by Gasteiger charge is 2.61. The van der Waals surface area contributed by atoms with Crippen LogP contribution in [0.15, 0.2) is 12.2 Å². The summed E-state index contributed by atoms with van der Waals surface area (Å²) in [7, 11) is 0. The molecule has 0 radical (unpaired) electrons. The SMILES string of the molecule is C=C(C)C1CCC2C3CCC4CC(O)CCC4(C)C3CCC12O. The van der Waals surface area contributed by atoms with Crippen LogP contribution in [0.4, 0.5) is 0 Å². The first-order valence-electron chi connectivity index (χ1n) is 9.92. The molecule has 2 heteroatoms. The molecule has 130 valence electrons. The van der Waals surface area contributed by atoms with Gasteiger partial charge in [-0.3, -0.25) is 0 Å². The van der Waals surface area contributed by atoms with Crippen LogP contribution in [0.1, 0.15) is 71.6 Å². The zero-order valence-electron chi connectivity index (χ0n) is 14.9. The maximum Gasteiger partial charge on any atom is 0.0743 e. The second kappa shape index (κ2) is 5.33. The predicted octanol–water partition coefficient (Wildman–Crippen LogP) is 4.31. The molecule has 23 heavy (non-hydrogen) atoms. The Bertz CT molecular complexity index is 500. The van der Waals surface area contributed by atoms with Crippen molar-refractivity contribution in [2.75, 3.05) is 0 Å². The van der Waals surface area contributed by atoms with Crippen LogP contribution < -0.4 is 0 Å². The van der Waals surface area contributed by atoms with E-state index < -0.39 is 5.60 Å². The van der Waals surface area contributed by atoms with Gasteiger partial charge in [-0.2, -0.15) is 0 Å². The third-order valence-corrected chi connectivity index (χ3v) is 8.70. The Morgan fingerprint density at radius 3 is 2.52 bits per heavy atom. The van der Waals surface area contributed by atoms with Crippen molar-refractivity contribution in [2.24, 2.45) is 35.0 Å². The van der Waals surface area contributed by atoms with Crippen molar-refractivity contribution in [3.63, 3.8) is 0 Å². The van der Waals surface area contributed by atoms with Crippen LogP contribution in [-0.2, 0) is 0 Å². The van der Waals surface area contributed by atoms with E-state index in [0.29, 0.717) is 29.1 Å². The molecule has 8 unspecified atom stereocenters. The smallest absolute Gasteiger partial charge is 0.0743 e. The van der Waals surface area contributed by atoms with Crippen LogP contribution >= 0.6 is 0 Å². The molecule has 4 aliphatic carbocycles. The molecule has 0 aromatic rings. The Morgan fingerprint density at radius 1 is 1.00 bits per heavy atom. The number of hydrogen-bond acceptors (Lipinski definition) is 2. The molecule has 4 fully saturated rings. The van der Waals surface area contributed by atoms with Crippen molar-refractivity contribution in [3.8, 4) is 0 Å². The highest BCUT2D eigenvalue weighted by atomic mass is 16.3. The van der Waals surface area contributed by atoms with Crippen LogP contribution in [0.3, 0.4) is 0 Å². The maximum absolute atomic E-state index is 11.5. The van der Waals surface area contributed by atoms with E-state index in [1.165, 1.54) is 37.7 Å². The summed E-state index contributed by atoms with van der Waals surface area (Å²) in [5.74, 6) is 2.99. The quantitative estimate of drug-likeness (QED) is 0.707. The average molecular weight is 319 g/mol. The lowest BCUT2D eigenvalue weighted by Gasteiger charge is -2.60. The molecule has 0 bridgehead atoms. The van der Waals surface area contributed by atoms with Crippen molar-refractivity contribution in [1.82, 2.24) is 0 Å². The molecular formula is C21H34O2. The van der Waals surface area contributed by atoms with Gasteiger partial charge in [-0.25, -0.2) is 0 Å². The van der Waals surface area contributed by atoms with Crippen LogP contribution in [0, 0.1) is 35.0 Å². The van der Waals surface area contributed by atoms with Gasteiger partial charge in [-0.1, -0.05) is 19.1 Å². The Balaban J connectivity index is 1.61. The number of aliphatic hydroxyl groups is 2. The number of fused-ring (bicyclic) bond motifs is 5. The standard InChI is InChI=1S/C21H34O2/c1-13(2)17-6-7-19-16-5-4-14-12-15(22)8-10-20(14,3)18(16)9-11-21(17,19)23/h14-19,22-23H,1,4-12H2,2-3H3. The van der Waals surface area contributed by atoms with E-state index >= 15 is 0 Å². The van der Waals surface area contributed by atoms with E-state index in [4.69, 9.17) is 0 Å². The van der Waals surface area contributed by atoms with Crippen molar-refractivity contribution < 1.29 is 10.2 Å². The molecule has 2 nitrogen and oxygen atoms in total. The van der Waals surface area contributed by atoms with Crippen molar-refractivity contribution >= 4 is 0 Å².